The normalized spacial score (nSPS) is 17.0. The molecule has 0 bridgehead atoms. The molecule has 2 rings (SSSR count). The number of carbonyl (C=O) groups is 1. The zero-order chi connectivity index (χ0) is 18.1. The number of sulfonamides is 1. The number of amides is 1. The van der Waals surface area contributed by atoms with Crippen LogP contribution in [0.3, 0.4) is 0 Å². The molecule has 10 heteroatoms. The zero-order valence-corrected chi connectivity index (χ0v) is 17.0. The van der Waals surface area contributed by atoms with Crippen molar-refractivity contribution in [3.8, 4) is 0 Å². The smallest absolute Gasteiger partial charge is 0.244 e. The quantitative estimate of drug-likeness (QED) is 0.751. The Kier molecular flexibility index (Phi) is 7.42. The number of hydrogen-bond acceptors (Lipinski definition) is 5. The highest BCUT2D eigenvalue weighted by molar-refractivity contribution is 7.89. The number of hydrogen-bond donors (Lipinski definition) is 2. The van der Waals surface area contributed by atoms with Crippen LogP contribution < -0.4 is 10.0 Å². The van der Waals surface area contributed by atoms with E-state index in [1.165, 1.54) is 4.68 Å². The fourth-order valence-corrected chi connectivity index (χ4v) is 4.80. The molecule has 2 heterocycles. The first-order chi connectivity index (χ1) is 11.1. The van der Waals surface area contributed by atoms with Crippen LogP contribution in [0.25, 0.3) is 0 Å². The van der Waals surface area contributed by atoms with Gasteiger partial charge in [-0.2, -0.15) is 9.82 Å². The van der Waals surface area contributed by atoms with Gasteiger partial charge in [-0.25, -0.2) is 8.42 Å². The molecule has 1 aromatic rings. The van der Waals surface area contributed by atoms with E-state index in [0.29, 0.717) is 11.4 Å². The van der Waals surface area contributed by atoms with Crippen molar-refractivity contribution in [3.05, 3.63) is 11.4 Å². The summed E-state index contributed by atoms with van der Waals surface area (Å²) in [4.78, 5) is 14.4. The van der Waals surface area contributed by atoms with Crippen LogP contribution in [-0.4, -0.2) is 61.2 Å². The minimum Gasteiger partial charge on any atom is -0.341 e. The van der Waals surface area contributed by atoms with Gasteiger partial charge in [-0.15, -0.1) is 12.4 Å². The van der Waals surface area contributed by atoms with Crippen molar-refractivity contribution in [2.45, 2.75) is 50.6 Å². The summed E-state index contributed by atoms with van der Waals surface area (Å²) in [6.07, 6.45) is 1.76. The van der Waals surface area contributed by atoms with Gasteiger partial charge < -0.3 is 10.2 Å². The summed E-state index contributed by atoms with van der Waals surface area (Å²) in [5.41, 5.74) is 0.972. The highest BCUT2D eigenvalue weighted by Gasteiger charge is 2.31. The van der Waals surface area contributed by atoms with Gasteiger partial charge in [-0.1, -0.05) is 0 Å². The molecule has 144 valence electrons. The summed E-state index contributed by atoms with van der Waals surface area (Å²) in [5, 5.41) is 7.39. The average Bonchev–Trinajstić information content (AvgIpc) is 2.79. The molecule has 1 atom stereocenters. The topological polar surface area (TPSA) is 96.3 Å². The van der Waals surface area contributed by atoms with Gasteiger partial charge in [-0.3, -0.25) is 9.48 Å². The Morgan fingerprint density at radius 2 is 1.92 bits per heavy atom. The van der Waals surface area contributed by atoms with E-state index in [2.05, 4.69) is 15.1 Å². The maximum atomic E-state index is 12.7. The van der Waals surface area contributed by atoms with Crippen molar-refractivity contribution in [3.63, 3.8) is 0 Å². The van der Waals surface area contributed by atoms with Gasteiger partial charge in [0.1, 0.15) is 4.90 Å². The lowest BCUT2D eigenvalue weighted by atomic mass is 10.0. The SMILES string of the molecule is Cc1nn(C)c(C)c1S(=O)(=O)NC(C)C(=O)N(C)C1CCNCC1.Cl. The van der Waals surface area contributed by atoms with Crippen LogP contribution in [0, 0.1) is 13.8 Å². The Labute approximate surface area is 155 Å². The van der Waals surface area contributed by atoms with E-state index in [1.54, 1.807) is 39.8 Å². The van der Waals surface area contributed by atoms with E-state index in [0.717, 1.165) is 25.9 Å². The molecule has 1 unspecified atom stereocenters. The van der Waals surface area contributed by atoms with Gasteiger partial charge in [-0.05, 0) is 46.7 Å². The van der Waals surface area contributed by atoms with E-state index in [1.807, 2.05) is 0 Å². The fourth-order valence-electron chi connectivity index (χ4n) is 3.16. The number of aryl methyl sites for hydroxylation is 2. The zero-order valence-electron chi connectivity index (χ0n) is 15.4. The van der Waals surface area contributed by atoms with E-state index >= 15 is 0 Å². The molecule has 1 aromatic heterocycles. The van der Waals surface area contributed by atoms with E-state index < -0.39 is 16.1 Å². The fraction of sp³-hybridized carbons (Fsp3) is 0.733. The van der Waals surface area contributed by atoms with Crippen LogP contribution in [0.5, 0.6) is 0 Å². The second kappa shape index (κ2) is 8.48. The first-order valence-corrected chi connectivity index (χ1v) is 9.63. The molecular weight excluding hydrogens is 366 g/mol. The Balaban J connectivity index is 0.00000312. The molecule has 1 aliphatic heterocycles. The molecule has 1 saturated heterocycles. The number of nitrogens with one attached hydrogen (secondary N) is 2. The predicted molar refractivity (Wildman–Crippen MR) is 98.4 cm³/mol. The van der Waals surface area contributed by atoms with Crippen molar-refractivity contribution in [1.29, 1.82) is 0 Å². The highest BCUT2D eigenvalue weighted by Crippen LogP contribution is 2.19. The summed E-state index contributed by atoms with van der Waals surface area (Å²) in [6, 6.07) is -0.679. The van der Waals surface area contributed by atoms with Crippen LogP contribution in [0.4, 0.5) is 0 Å². The largest absolute Gasteiger partial charge is 0.341 e. The molecule has 0 spiro atoms. The van der Waals surface area contributed by atoms with Gasteiger partial charge in [0, 0.05) is 20.1 Å². The number of carbonyl (C=O) groups excluding carboxylic acids is 1. The lowest BCUT2D eigenvalue weighted by Gasteiger charge is -2.33. The van der Waals surface area contributed by atoms with Crippen molar-refractivity contribution >= 4 is 28.3 Å². The van der Waals surface area contributed by atoms with E-state index in [-0.39, 0.29) is 29.3 Å². The number of nitrogens with zero attached hydrogens (tertiary/aromatic N) is 3. The van der Waals surface area contributed by atoms with Crippen molar-refractivity contribution in [1.82, 2.24) is 24.7 Å². The predicted octanol–water partition coefficient (Wildman–Crippen LogP) is 0.336. The second-order valence-corrected chi connectivity index (χ2v) is 8.05. The van der Waals surface area contributed by atoms with Gasteiger partial charge in [0.05, 0.1) is 17.4 Å². The lowest BCUT2D eigenvalue weighted by molar-refractivity contribution is -0.133. The number of halogens is 1. The average molecular weight is 394 g/mol. The lowest BCUT2D eigenvalue weighted by Crippen LogP contribution is -2.51. The molecule has 2 N–H and O–H groups in total. The van der Waals surface area contributed by atoms with Crippen LogP contribution in [0.1, 0.15) is 31.2 Å². The Morgan fingerprint density at radius 3 is 2.40 bits per heavy atom. The Morgan fingerprint density at radius 1 is 1.36 bits per heavy atom. The molecule has 8 nitrogen and oxygen atoms in total. The molecule has 1 amide bonds. The second-order valence-electron chi connectivity index (χ2n) is 6.40. The number of likely N-dealkylation sites (N-methyl/N-ethyl adjacent to an activating group) is 1. The molecule has 25 heavy (non-hydrogen) atoms. The summed E-state index contributed by atoms with van der Waals surface area (Å²) < 4.78 is 29.3. The van der Waals surface area contributed by atoms with Gasteiger partial charge >= 0.3 is 0 Å². The van der Waals surface area contributed by atoms with Crippen molar-refractivity contribution < 1.29 is 13.2 Å². The third-order valence-corrected chi connectivity index (χ3v) is 6.41. The monoisotopic (exact) mass is 393 g/mol. The number of piperidine rings is 1. The minimum absolute atomic E-state index is 0. The molecule has 1 aliphatic rings. The van der Waals surface area contributed by atoms with Gasteiger partial charge in [0.25, 0.3) is 0 Å². The minimum atomic E-state index is -3.80. The van der Waals surface area contributed by atoms with Crippen LogP contribution in [0.2, 0.25) is 0 Å². The third kappa shape index (κ3) is 4.72. The standard InChI is InChI=1S/C15H27N5O3S.ClH/c1-10-14(12(3)20(5)17-10)24(22,23)18-11(2)15(21)19(4)13-6-8-16-9-7-13;/h11,13,16,18H,6-9H2,1-5H3;1H. The molecule has 0 aliphatic carbocycles. The molecule has 1 fully saturated rings. The van der Waals surface area contributed by atoms with Crippen LogP contribution >= 0.6 is 12.4 Å². The first kappa shape index (κ1) is 21.9. The van der Waals surface area contributed by atoms with Crippen LogP contribution in [-0.2, 0) is 21.9 Å². The molecular formula is C15H28ClN5O3S. The highest BCUT2D eigenvalue weighted by atomic mass is 35.5. The van der Waals surface area contributed by atoms with Crippen LogP contribution in [0.15, 0.2) is 4.90 Å². The van der Waals surface area contributed by atoms with Crippen molar-refractivity contribution in [2.75, 3.05) is 20.1 Å². The molecule has 0 saturated carbocycles. The number of aromatic nitrogens is 2. The summed E-state index contributed by atoms with van der Waals surface area (Å²) in [6.45, 7) is 6.67. The van der Waals surface area contributed by atoms with Gasteiger partial charge in [0.15, 0.2) is 0 Å². The third-order valence-electron chi connectivity index (χ3n) is 4.62. The number of rotatable bonds is 5. The first-order valence-electron chi connectivity index (χ1n) is 8.15. The maximum absolute atomic E-state index is 12.7. The molecule has 0 radical (unpaired) electrons. The van der Waals surface area contributed by atoms with E-state index in [4.69, 9.17) is 0 Å². The molecule has 0 aromatic carbocycles. The van der Waals surface area contributed by atoms with Gasteiger partial charge in [0.2, 0.25) is 15.9 Å². The maximum Gasteiger partial charge on any atom is 0.244 e. The summed E-state index contributed by atoms with van der Waals surface area (Å²) >= 11 is 0. The Hall–Kier alpha value is -1.16. The van der Waals surface area contributed by atoms with Crippen molar-refractivity contribution in [2.24, 2.45) is 7.05 Å². The summed E-state index contributed by atoms with van der Waals surface area (Å²) in [7, 11) is -0.367. The van der Waals surface area contributed by atoms with E-state index in [9.17, 15) is 13.2 Å². The summed E-state index contributed by atoms with van der Waals surface area (Å²) in [5.74, 6) is -0.218. The Bertz CT molecular complexity index is 713.